The van der Waals surface area contributed by atoms with Crippen LogP contribution in [0.1, 0.15) is 33.1 Å². The Morgan fingerprint density at radius 3 is 2.44 bits per heavy atom. The maximum absolute atomic E-state index is 11.0. The minimum Gasteiger partial charge on any atom is -0.465 e. The zero-order valence-corrected chi connectivity index (χ0v) is 9.28. The van der Waals surface area contributed by atoms with Crippen LogP contribution in [0.3, 0.4) is 0 Å². The standard InChI is InChI=1S/C10H14O6/c1-3-7(11)14-5-4-10(2)15-8(12)6-9(13)16-10/h3-6H2,1-2H3. The molecule has 0 atom stereocenters. The summed E-state index contributed by atoms with van der Waals surface area (Å²) < 4.78 is 14.6. The highest BCUT2D eigenvalue weighted by atomic mass is 16.7. The molecule has 0 aromatic heterocycles. The molecule has 0 bridgehead atoms. The van der Waals surface area contributed by atoms with Gasteiger partial charge in [0.15, 0.2) is 0 Å². The van der Waals surface area contributed by atoms with E-state index in [0.29, 0.717) is 0 Å². The zero-order valence-electron chi connectivity index (χ0n) is 9.28. The maximum Gasteiger partial charge on any atom is 0.320 e. The number of esters is 3. The Labute approximate surface area is 92.8 Å². The Morgan fingerprint density at radius 2 is 1.94 bits per heavy atom. The molecule has 16 heavy (non-hydrogen) atoms. The van der Waals surface area contributed by atoms with E-state index in [9.17, 15) is 14.4 Å². The average molecular weight is 230 g/mol. The highest BCUT2D eigenvalue weighted by Gasteiger charge is 2.38. The Morgan fingerprint density at radius 1 is 1.38 bits per heavy atom. The van der Waals surface area contributed by atoms with Crippen LogP contribution in [-0.4, -0.2) is 30.3 Å². The fourth-order valence-electron chi connectivity index (χ4n) is 1.25. The number of ether oxygens (including phenoxy) is 3. The lowest BCUT2D eigenvalue weighted by Gasteiger charge is -2.32. The third kappa shape index (κ3) is 3.52. The monoisotopic (exact) mass is 230 g/mol. The molecule has 0 spiro atoms. The number of hydrogen-bond donors (Lipinski definition) is 0. The Hall–Kier alpha value is -1.59. The van der Waals surface area contributed by atoms with Gasteiger partial charge in [-0.1, -0.05) is 6.92 Å². The quantitative estimate of drug-likeness (QED) is 0.518. The maximum atomic E-state index is 11.0. The van der Waals surface area contributed by atoms with Gasteiger partial charge in [0.25, 0.3) is 5.79 Å². The topological polar surface area (TPSA) is 78.9 Å². The molecule has 1 rings (SSSR count). The van der Waals surface area contributed by atoms with Crippen molar-refractivity contribution in [3.8, 4) is 0 Å². The van der Waals surface area contributed by atoms with Crippen molar-refractivity contribution in [2.45, 2.75) is 38.9 Å². The summed E-state index contributed by atoms with van der Waals surface area (Å²) in [5.41, 5.74) is 0. The molecule has 1 heterocycles. The lowest BCUT2D eigenvalue weighted by Crippen LogP contribution is -2.43. The van der Waals surface area contributed by atoms with Crippen molar-refractivity contribution in [1.29, 1.82) is 0 Å². The summed E-state index contributed by atoms with van der Waals surface area (Å²) in [6.45, 7) is 3.18. The molecule has 1 saturated heterocycles. The van der Waals surface area contributed by atoms with Crippen molar-refractivity contribution in [1.82, 2.24) is 0 Å². The van der Waals surface area contributed by atoms with Crippen LogP contribution >= 0.6 is 0 Å². The molecule has 0 unspecified atom stereocenters. The second kappa shape index (κ2) is 4.96. The first-order valence-electron chi connectivity index (χ1n) is 5.04. The number of carbonyl (C=O) groups is 3. The zero-order chi connectivity index (χ0) is 12.2. The Kier molecular flexibility index (Phi) is 3.87. The largest absolute Gasteiger partial charge is 0.465 e. The van der Waals surface area contributed by atoms with Gasteiger partial charge in [-0.3, -0.25) is 14.4 Å². The van der Waals surface area contributed by atoms with Crippen molar-refractivity contribution in [3.63, 3.8) is 0 Å². The van der Waals surface area contributed by atoms with Crippen LogP contribution in [0.25, 0.3) is 0 Å². The van der Waals surface area contributed by atoms with Crippen LogP contribution < -0.4 is 0 Å². The molecule has 0 amide bonds. The summed E-state index contributed by atoms with van der Waals surface area (Å²) in [7, 11) is 0. The van der Waals surface area contributed by atoms with Crippen molar-refractivity contribution in [3.05, 3.63) is 0 Å². The smallest absolute Gasteiger partial charge is 0.320 e. The summed E-state index contributed by atoms with van der Waals surface area (Å²) in [6.07, 6.45) is 0.0385. The average Bonchev–Trinajstić information content (AvgIpc) is 2.14. The molecule has 0 N–H and O–H groups in total. The Balaban J connectivity index is 2.42. The van der Waals surface area contributed by atoms with Crippen LogP contribution in [0, 0.1) is 0 Å². The minimum absolute atomic E-state index is 0.0454. The van der Waals surface area contributed by atoms with E-state index in [2.05, 4.69) is 0 Å². The molecule has 1 aliphatic rings. The van der Waals surface area contributed by atoms with E-state index in [1.165, 1.54) is 6.92 Å². The van der Waals surface area contributed by atoms with Gasteiger partial charge in [0, 0.05) is 13.3 Å². The van der Waals surface area contributed by atoms with Crippen LogP contribution in [0.15, 0.2) is 0 Å². The second-order valence-electron chi connectivity index (χ2n) is 3.58. The SMILES string of the molecule is CCC(=O)OCCC1(C)OC(=O)CC(=O)O1. The van der Waals surface area contributed by atoms with E-state index >= 15 is 0 Å². The number of rotatable bonds is 4. The molecule has 90 valence electrons. The molecule has 0 aliphatic carbocycles. The summed E-state index contributed by atoms with van der Waals surface area (Å²) in [4.78, 5) is 32.9. The molecular formula is C10H14O6. The molecular weight excluding hydrogens is 216 g/mol. The predicted octanol–water partition coefficient (Wildman–Crippen LogP) is 0.536. The van der Waals surface area contributed by atoms with E-state index in [-0.39, 0.29) is 31.8 Å². The van der Waals surface area contributed by atoms with Gasteiger partial charge < -0.3 is 14.2 Å². The fraction of sp³-hybridized carbons (Fsp3) is 0.700. The van der Waals surface area contributed by atoms with Crippen molar-refractivity contribution in [2.75, 3.05) is 6.61 Å². The number of cyclic esters (lactones) is 2. The van der Waals surface area contributed by atoms with Gasteiger partial charge in [-0.15, -0.1) is 0 Å². The van der Waals surface area contributed by atoms with Gasteiger partial charge in [-0.25, -0.2) is 0 Å². The van der Waals surface area contributed by atoms with Crippen molar-refractivity contribution >= 4 is 17.9 Å². The molecule has 0 saturated carbocycles. The van der Waals surface area contributed by atoms with Gasteiger partial charge >= 0.3 is 17.9 Å². The summed E-state index contributed by atoms with van der Waals surface area (Å²) in [5, 5.41) is 0. The highest BCUT2D eigenvalue weighted by molar-refractivity contribution is 5.93. The van der Waals surface area contributed by atoms with Crippen molar-refractivity contribution in [2.24, 2.45) is 0 Å². The van der Waals surface area contributed by atoms with Gasteiger partial charge in [0.1, 0.15) is 6.42 Å². The Bertz CT molecular complexity index is 292. The van der Waals surface area contributed by atoms with Gasteiger partial charge in [-0.2, -0.15) is 0 Å². The number of carbonyl (C=O) groups excluding carboxylic acids is 3. The second-order valence-corrected chi connectivity index (χ2v) is 3.58. The first kappa shape index (κ1) is 12.5. The molecule has 1 fully saturated rings. The molecule has 0 aromatic rings. The molecule has 0 aromatic carbocycles. The first-order valence-corrected chi connectivity index (χ1v) is 5.04. The van der Waals surface area contributed by atoms with E-state index in [1.807, 2.05) is 0 Å². The molecule has 6 heteroatoms. The van der Waals surface area contributed by atoms with E-state index < -0.39 is 17.7 Å². The minimum atomic E-state index is -1.32. The highest BCUT2D eigenvalue weighted by Crippen LogP contribution is 2.23. The summed E-state index contributed by atoms with van der Waals surface area (Å²) in [5.74, 6) is -2.92. The van der Waals surface area contributed by atoms with Crippen LogP contribution in [0.4, 0.5) is 0 Å². The number of hydrogen-bond acceptors (Lipinski definition) is 6. The first-order chi connectivity index (χ1) is 7.45. The molecule has 1 aliphatic heterocycles. The normalized spacial score (nSPS) is 18.6. The van der Waals surface area contributed by atoms with E-state index in [0.717, 1.165) is 0 Å². The van der Waals surface area contributed by atoms with Crippen LogP contribution in [0.5, 0.6) is 0 Å². The summed E-state index contributed by atoms with van der Waals surface area (Å²) in [6, 6.07) is 0. The third-order valence-corrected chi connectivity index (χ3v) is 2.06. The third-order valence-electron chi connectivity index (χ3n) is 2.06. The predicted molar refractivity (Wildman–Crippen MR) is 51.1 cm³/mol. The van der Waals surface area contributed by atoms with Crippen LogP contribution in [-0.2, 0) is 28.6 Å². The van der Waals surface area contributed by atoms with Crippen molar-refractivity contribution < 1.29 is 28.6 Å². The molecule has 0 radical (unpaired) electrons. The van der Waals surface area contributed by atoms with E-state index in [4.69, 9.17) is 14.2 Å². The summed E-state index contributed by atoms with van der Waals surface area (Å²) >= 11 is 0. The lowest BCUT2D eigenvalue weighted by molar-refractivity contribution is -0.241. The van der Waals surface area contributed by atoms with Gasteiger partial charge in [0.2, 0.25) is 0 Å². The fourth-order valence-corrected chi connectivity index (χ4v) is 1.25. The van der Waals surface area contributed by atoms with Gasteiger partial charge in [-0.05, 0) is 0 Å². The van der Waals surface area contributed by atoms with E-state index in [1.54, 1.807) is 6.92 Å². The molecule has 6 nitrogen and oxygen atoms in total. The lowest BCUT2D eigenvalue weighted by atomic mass is 10.2. The van der Waals surface area contributed by atoms with Crippen LogP contribution in [0.2, 0.25) is 0 Å². The van der Waals surface area contributed by atoms with Gasteiger partial charge in [0.05, 0.1) is 13.0 Å².